The van der Waals surface area contributed by atoms with E-state index in [4.69, 9.17) is 4.74 Å². The van der Waals surface area contributed by atoms with Crippen molar-refractivity contribution in [2.45, 2.75) is 0 Å². The fourth-order valence-electron chi connectivity index (χ4n) is 4.44. The standard InChI is InChI=1S/C36H28INO/c1-3-10-27(4-2)28-17-19-29(20-18-28)30-11-8-16-36(25-30)39-35-23-21-33(22-24-35)38(32-13-6-5-7-14-32)34-15-9-12-31(37)26-34/h3-26H,1-2H2/b27-10+. The van der Waals surface area contributed by atoms with Crippen molar-refractivity contribution in [1.82, 2.24) is 0 Å². The number of anilines is 3. The van der Waals surface area contributed by atoms with Gasteiger partial charge in [0.1, 0.15) is 11.5 Å². The van der Waals surface area contributed by atoms with E-state index in [1.54, 1.807) is 6.08 Å². The first-order chi connectivity index (χ1) is 19.1. The molecule has 0 aliphatic rings. The summed E-state index contributed by atoms with van der Waals surface area (Å²) in [4.78, 5) is 2.25. The lowest BCUT2D eigenvalue weighted by Crippen LogP contribution is -2.09. The Balaban J connectivity index is 1.37. The Morgan fingerprint density at radius 3 is 2.00 bits per heavy atom. The average Bonchev–Trinajstić information content (AvgIpc) is 2.98. The number of nitrogens with zero attached hydrogens (tertiary/aromatic N) is 1. The molecule has 39 heavy (non-hydrogen) atoms. The van der Waals surface area contributed by atoms with E-state index in [9.17, 15) is 0 Å². The molecule has 190 valence electrons. The van der Waals surface area contributed by atoms with Gasteiger partial charge in [-0.15, -0.1) is 0 Å². The highest BCUT2D eigenvalue weighted by Crippen LogP contribution is 2.36. The highest BCUT2D eigenvalue weighted by atomic mass is 127. The fourth-order valence-corrected chi connectivity index (χ4v) is 4.97. The zero-order chi connectivity index (χ0) is 27.0. The zero-order valence-corrected chi connectivity index (χ0v) is 23.7. The van der Waals surface area contributed by atoms with Crippen molar-refractivity contribution < 1.29 is 4.74 Å². The van der Waals surface area contributed by atoms with Gasteiger partial charge in [0.25, 0.3) is 0 Å². The van der Waals surface area contributed by atoms with Crippen LogP contribution in [0.25, 0.3) is 16.7 Å². The molecule has 0 atom stereocenters. The molecule has 0 amide bonds. The zero-order valence-electron chi connectivity index (χ0n) is 21.5. The molecule has 0 fully saturated rings. The number of ether oxygens (including phenoxy) is 1. The molecule has 0 aliphatic carbocycles. The van der Waals surface area contributed by atoms with E-state index in [1.165, 1.54) is 3.57 Å². The summed E-state index contributed by atoms with van der Waals surface area (Å²) in [7, 11) is 0. The second-order valence-electron chi connectivity index (χ2n) is 8.91. The van der Waals surface area contributed by atoms with Gasteiger partial charge in [0, 0.05) is 20.6 Å². The third kappa shape index (κ3) is 6.39. The molecule has 3 heteroatoms. The van der Waals surface area contributed by atoms with Crippen molar-refractivity contribution >= 4 is 45.2 Å². The summed E-state index contributed by atoms with van der Waals surface area (Å²) in [5.41, 5.74) is 7.65. The third-order valence-electron chi connectivity index (χ3n) is 6.31. The largest absolute Gasteiger partial charge is 0.457 e. The molecule has 0 saturated heterocycles. The third-order valence-corrected chi connectivity index (χ3v) is 6.99. The van der Waals surface area contributed by atoms with Crippen LogP contribution in [0.5, 0.6) is 11.5 Å². The van der Waals surface area contributed by atoms with Gasteiger partial charge in [-0.3, -0.25) is 0 Å². The first kappa shape index (κ1) is 26.3. The summed E-state index contributed by atoms with van der Waals surface area (Å²) in [6.45, 7) is 7.69. The van der Waals surface area contributed by atoms with Crippen molar-refractivity contribution in [2.24, 2.45) is 0 Å². The predicted octanol–water partition coefficient (Wildman–Crippen LogP) is 11.0. The summed E-state index contributed by atoms with van der Waals surface area (Å²) in [6.07, 6.45) is 5.58. The van der Waals surface area contributed by atoms with Crippen LogP contribution in [0, 0.1) is 3.57 Å². The van der Waals surface area contributed by atoms with Crippen LogP contribution in [-0.4, -0.2) is 0 Å². The lowest BCUT2D eigenvalue weighted by molar-refractivity contribution is 0.483. The van der Waals surface area contributed by atoms with Gasteiger partial charge in [-0.05, 0) is 112 Å². The Hall–Kier alpha value is -4.35. The van der Waals surface area contributed by atoms with E-state index in [0.717, 1.165) is 50.8 Å². The lowest BCUT2D eigenvalue weighted by Gasteiger charge is -2.25. The summed E-state index contributed by atoms with van der Waals surface area (Å²) in [6, 6.07) is 43.7. The highest BCUT2D eigenvalue weighted by Gasteiger charge is 2.13. The molecule has 5 rings (SSSR count). The monoisotopic (exact) mass is 617 g/mol. The minimum absolute atomic E-state index is 0.784. The lowest BCUT2D eigenvalue weighted by atomic mass is 10.00. The summed E-state index contributed by atoms with van der Waals surface area (Å²) >= 11 is 2.35. The first-order valence-corrected chi connectivity index (χ1v) is 13.8. The number of rotatable bonds is 9. The normalized spacial score (nSPS) is 11.1. The van der Waals surface area contributed by atoms with Crippen molar-refractivity contribution in [3.05, 3.63) is 168 Å². The number of hydrogen-bond donors (Lipinski definition) is 0. The van der Waals surface area contributed by atoms with E-state index in [2.05, 4.69) is 138 Å². The van der Waals surface area contributed by atoms with Crippen molar-refractivity contribution in [3.8, 4) is 22.6 Å². The molecule has 2 nitrogen and oxygen atoms in total. The quantitative estimate of drug-likeness (QED) is 0.121. The minimum Gasteiger partial charge on any atom is -0.457 e. The second kappa shape index (κ2) is 12.5. The fraction of sp³-hybridized carbons (Fsp3) is 0. The van der Waals surface area contributed by atoms with Crippen LogP contribution < -0.4 is 9.64 Å². The van der Waals surface area contributed by atoms with Crippen LogP contribution in [0.2, 0.25) is 0 Å². The average molecular weight is 618 g/mol. The Kier molecular flexibility index (Phi) is 8.39. The maximum absolute atomic E-state index is 6.26. The Morgan fingerprint density at radius 1 is 0.615 bits per heavy atom. The second-order valence-corrected chi connectivity index (χ2v) is 10.2. The van der Waals surface area contributed by atoms with Gasteiger partial charge in [0.15, 0.2) is 0 Å². The van der Waals surface area contributed by atoms with Crippen molar-refractivity contribution in [2.75, 3.05) is 4.90 Å². The molecule has 5 aromatic rings. The van der Waals surface area contributed by atoms with Crippen molar-refractivity contribution in [3.63, 3.8) is 0 Å². The molecule has 0 radical (unpaired) electrons. The van der Waals surface area contributed by atoms with Crippen LogP contribution >= 0.6 is 22.6 Å². The number of allylic oxidation sites excluding steroid dienone is 4. The Labute approximate surface area is 244 Å². The van der Waals surface area contributed by atoms with Gasteiger partial charge in [-0.2, -0.15) is 0 Å². The molecular formula is C36H28INO. The molecule has 0 heterocycles. The molecule has 0 saturated carbocycles. The Bertz CT molecular complexity index is 1600. The molecular weight excluding hydrogens is 589 g/mol. The Morgan fingerprint density at radius 2 is 1.31 bits per heavy atom. The molecule has 0 bridgehead atoms. The van der Waals surface area contributed by atoms with E-state index >= 15 is 0 Å². The van der Waals surface area contributed by atoms with Crippen LogP contribution in [0.15, 0.2) is 159 Å². The first-order valence-electron chi connectivity index (χ1n) is 12.7. The topological polar surface area (TPSA) is 12.5 Å². The summed E-state index contributed by atoms with van der Waals surface area (Å²) in [5.74, 6) is 1.58. The van der Waals surface area contributed by atoms with E-state index in [1.807, 2.05) is 42.5 Å². The van der Waals surface area contributed by atoms with Crippen molar-refractivity contribution in [1.29, 1.82) is 0 Å². The molecule has 0 aromatic heterocycles. The number of hydrogen-bond acceptors (Lipinski definition) is 2. The smallest absolute Gasteiger partial charge is 0.128 e. The molecule has 0 N–H and O–H groups in total. The van der Waals surface area contributed by atoms with E-state index < -0.39 is 0 Å². The molecule has 0 unspecified atom stereocenters. The summed E-state index contributed by atoms with van der Waals surface area (Å²) in [5, 5.41) is 0. The van der Waals surface area contributed by atoms with Gasteiger partial charge >= 0.3 is 0 Å². The van der Waals surface area contributed by atoms with E-state index in [-0.39, 0.29) is 0 Å². The van der Waals surface area contributed by atoms with Gasteiger partial charge < -0.3 is 9.64 Å². The van der Waals surface area contributed by atoms with Gasteiger partial charge in [-0.1, -0.05) is 92.0 Å². The van der Waals surface area contributed by atoms with Gasteiger partial charge in [-0.25, -0.2) is 0 Å². The van der Waals surface area contributed by atoms with Crippen LogP contribution in [0.3, 0.4) is 0 Å². The maximum atomic E-state index is 6.26. The van der Waals surface area contributed by atoms with Gasteiger partial charge in [0.05, 0.1) is 0 Å². The summed E-state index contributed by atoms with van der Waals surface area (Å²) < 4.78 is 7.45. The number of halogens is 1. The molecule has 5 aromatic carbocycles. The van der Waals surface area contributed by atoms with E-state index in [0.29, 0.717) is 0 Å². The van der Waals surface area contributed by atoms with Crippen LogP contribution in [0.4, 0.5) is 17.1 Å². The highest BCUT2D eigenvalue weighted by molar-refractivity contribution is 14.1. The predicted molar refractivity (Wildman–Crippen MR) is 174 cm³/mol. The number of para-hydroxylation sites is 1. The molecule has 0 spiro atoms. The van der Waals surface area contributed by atoms with Crippen LogP contribution in [-0.2, 0) is 0 Å². The minimum atomic E-state index is 0.784. The number of benzene rings is 5. The SMILES string of the molecule is C=C/C=C(\C=C)c1ccc(-c2cccc(Oc3ccc(N(c4ccccc4)c4cccc(I)c4)cc3)c2)cc1. The van der Waals surface area contributed by atoms with Crippen LogP contribution in [0.1, 0.15) is 5.56 Å². The molecule has 0 aliphatic heterocycles. The maximum Gasteiger partial charge on any atom is 0.128 e. The van der Waals surface area contributed by atoms with Gasteiger partial charge in [0.2, 0.25) is 0 Å².